The van der Waals surface area contributed by atoms with Crippen LogP contribution in [-0.2, 0) is 6.54 Å². The van der Waals surface area contributed by atoms with Crippen LogP contribution in [0.5, 0.6) is 0 Å². The van der Waals surface area contributed by atoms with Gasteiger partial charge in [0.1, 0.15) is 12.1 Å². The van der Waals surface area contributed by atoms with Gasteiger partial charge in [0.25, 0.3) is 0 Å². The molecule has 0 aromatic carbocycles. The van der Waals surface area contributed by atoms with E-state index >= 15 is 0 Å². The van der Waals surface area contributed by atoms with E-state index in [9.17, 15) is 0 Å². The number of hydrogen-bond acceptors (Lipinski definition) is 5. The standard InChI is InChI=1S/C9H9N5/c1-2-11-7-14-8(1)5-13-9-6-10-3-4-12-9/h1-4,6-7H,5H2,(H,12,13). The van der Waals surface area contributed by atoms with Crippen LogP contribution in [0.3, 0.4) is 0 Å². The molecule has 2 aromatic rings. The molecule has 0 aliphatic heterocycles. The lowest BCUT2D eigenvalue weighted by molar-refractivity contribution is 0.991. The summed E-state index contributed by atoms with van der Waals surface area (Å²) in [5, 5.41) is 3.10. The summed E-state index contributed by atoms with van der Waals surface area (Å²) >= 11 is 0. The van der Waals surface area contributed by atoms with Crippen molar-refractivity contribution in [1.29, 1.82) is 0 Å². The summed E-state index contributed by atoms with van der Waals surface area (Å²) in [7, 11) is 0. The SMILES string of the molecule is c1cc(CNc2cnccn2)ncn1. The number of nitrogens with one attached hydrogen (secondary N) is 1. The van der Waals surface area contributed by atoms with Crippen molar-refractivity contribution in [3.63, 3.8) is 0 Å². The van der Waals surface area contributed by atoms with Gasteiger partial charge in [-0.05, 0) is 6.07 Å². The maximum atomic E-state index is 4.08. The maximum Gasteiger partial charge on any atom is 0.144 e. The molecule has 2 heterocycles. The van der Waals surface area contributed by atoms with E-state index < -0.39 is 0 Å². The van der Waals surface area contributed by atoms with E-state index in [1.54, 1.807) is 24.8 Å². The van der Waals surface area contributed by atoms with Crippen LogP contribution in [-0.4, -0.2) is 19.9 Å². The van der Waals surface area contributed by atoms with Crippen molar-refractivity contribution in [2.24, 2.45) is 0 Å². The Balaban J connectivity index is 1.96. The van der Waals surface area contributed by atoms with Crippen LogP contribution >= 0.6 is 0 Å². The minimum Gasteiger partial charge on any atom is -0.363 e. The fraction of sp³-hybridized carbons (Fsp3) is 0.111. The second-order valence-electron chi connectivity index (χ2n) is 2.64. The quantitative estimate of drug-likeness (QED) is 0.772. The second-order valence-corrected chi connectivity index (χ2v) is 2.64. The first-order valence-electron chi connectivity index (χ1n) is 4.20. The van der Waals surface area contributed by atoms with Crippen molar-refractivity contribution >= 4 is 5.82 Å². The van der Waals surface area contributed by atoms with Crippen molar-refractivity contribution in [1.82, 2.24) is 19.9 Å². The molecule has 0 unspecified atom stereocenters. The number of hydrogen-bond donors (Lipinski definition) is 1. The molecule has 0 saturated heterocycles. The minimum atomic E-state index is 0.626. The Morgan fingerprint density at radius 2 is 2.07 bits per heavy atom. The first kappa shape index (κ1) is 8.55. The highest BCUT2D eigenvalue weighted by molar-refractivity contribution is 5.30. The molecule has 0 atom stereocenters. The zero-order chi connectivity index (χ0) is 9.64. The fourth-order valence-corrected chi connectivity index (χ4v) is 0.994. The van der Waals surface area contributed by atoms with Crippen LogP contribution in [0.25, 0.3) is 0 Å². The summed E-state index contributed by atoms with van der Waals surface area (Å²) in [6, 6.07) is 1.85. The van der Waals surface area contributed by atoms with Gasteiger partial charge >= 0.3 is 0 Å². The van der Waals surface area contributed by atoms with E-state index in [1.807, 2.05) is 6.07 Å². The zero-order valence-corrected chi connectivity index (χ0v) is 7.46. The number of aromatic nitrogens is 4. The Labute approximate surface area is 81.3 Å². The van der Waals surface area contributed by atoms with E-state index in [0.717, 1.165) is 11.5 Å². The number of anilines is 1. The molecule has 2 rings (SSSR count). The van der Waals surface area contributed by atoms with Crippen molar-refractivity contribution in [3.8, 4) is 0 Å². The topological polar surface area (TPSA) is 63.6 Å². The summed E-state index contributed by atoms with van der Waals surface area (Å²) < 4.78 is 0. The Kier molecular flexibility index (Phi) is 2.61. The lowest BCUT2D eigenvalue weighted by atomic mass is 10.4. The van der Waals surface area contributed by atoms with Gasteiger partial charge in [0.2, 0.25) is 0 Å². The normalized spacial score (nSPS) is 9.71. The minimum absolute atomic E-state index is 0.626. The van der Waals surface area contributed by atoms with Gasteiger partial charge in [0.15, 0.2) is 0 Å². The van der Waals surface area contributed by atoms with Gasteiger partial charge in [0.05, 0.1) is 18.4 Å². The molecule has 0 fully saturated rings. The highest BCUT2D eigenvalue weighted by atomic mass is 15.0. The van der Waals surface area contributed by atoms with Crippen LogP contribution < -0.4 is 5.32 Å². The van der Waals surface area contributed by atoms with Crippen LogP contribution in [0, 0.1) is 0 Å². The highest BCUT2D eigenvalue weighted by Gasteiger charge is 1.94. The summed E-state index contributed by atoms with van der Waals surface area (Å²) in [5.41, 5.74) is 0.922. The van der Waals surface area contributed by atoms with Crippen LogP contribution in [0.1, 0.15) is 5.69 Å². The lowest BCUT2D eigenvalue weighted by Crippen LogP contribution is -2.03. The average Bonchev–Trinajstić information content (AvgIpc) is 2.29. The summed E-state index contributed by atoms with van der Waals surface area (Å²) in [6.45, 7) is 0.626. The first-order chi connectivity index (χ1) is 6.95. The molecule has 14 heavy (non-hydrogen) atoms. The zero-order valence-electron chi connectivity index (χ0n) is 7.46. The third-order valence-electron chi connectivity index (χ3n) is 1.66. The maximum absolute atomic E-state index is 4.08. The van der Waals surface area contributed by atoms with Gasteiger partial charge in [-0.25, -0.2) is 15.0 Å². The van der Waals surface area contributed by atoms with Gasteiger partial charge in [-0.3, -0.25) is 4.98 Å². The molecule has 0 aliphatic rings. The molecule has 0 spiro atoms. The molecule has 0 saturated carbocycles. The molecule has 2 aromatic heterocycles. The molecule has 0 aliphatic carbocycles. The number of nitrogens with zero attached hydrogens (tertiary/aromatic N) is 4. The Bertz CT molecular complexity index is 335. The van der Waals surface area contributed by atoms with E-state index in [0.29, 0.717) is 6.54 Å². The van der Waals surface area contributed by atoms with Crippen LogP contribution in [0.4, 0.5) is 5.82 Å². The molecule has 0 bridgehead atoms. The molecular formula is C9H9N5. The Morgan fingerprint density at radius 3 is 2.79 bits per heavy atom. The molecule has 70 valence electrons. The van der Waals surface area contributed by atoms with Crippen molar-refractivity contribution in [2.45, 2.75) is 6.54 Å². The first-order valence-corrected chi connectivity index (χ1v) is 4.20. The third kappa shape index (κ3) is 2.22. The van der Waals surface area contributed by atoms with Gasteiger partial charge in [-0.2, -0.15) is 0 Å². The van der Waals surface area contributed by atoms with E-state index in [-0.39, 0.29) is 0 Å². The molecule has 0 amide bonds. The predicted molar refractivity (Wildman–Crippen MR) is 51.4 cm³/mol. The smallest absolute Gasteiger partial charge is 0.144 e. The van der Waals surface area contributed by atoms with E-state index in [2.05, 4.69) is 25.3 Å². The van der Waals surface area contributed by atoms with Crippen molar-refractivity contribution in [2.75, 3.05) is 5.32 Å². The molecule has 0 radical (unpaired) electrons. The monoisotopic (exact) mass is 187 g/mol. The highest BCUT2D eigenvalue weighted by Crippen LogP contribution is 2.00. The summed E-state index contributed by atoms with van der Waals surface area (Å²) in [5.74, 6) is 0.742. The molecule has 5 nitrogen and oxygen atoms in total. The van der Waals surface area contributed by atoms with Crippen LogP contribution in [0.15, 0.2) is 37.2 Å². The summed E-state index contributed by atoms with van der Waals surface area (Å²) in [6.07, 6.45) is 8.17. The van der Waals surface area contributed by atoms with Gasteiger partial charge in [-0.1, -0.05) is 0 Å². The predicted octanol–water partition coefficient (Wildman–Crippen LogP) is 0.879. The van der Waals surface area contributed by atoms with Gasteiger partial charge < -0.3 is 5.32 Å². The molecule has 1 N–H and O–H groups in total. The van der Waals surface area contributed by atoms with Crippen molar-refractivity contribution in [3.05, 3.63) is 42.9 Å². The van der Waals surface area contributed by atoms with E-state index in [1.165, 1.54) is 6.33 Å². The molecule has 5 heteroatoms. The summed E-state index contributed by atoms with van der Waals surface area (Å²) in [4.78, 5) is 15.9. The Hall–Kier alpha value is -2.04. The largest absolute Gasteiger partial charge is 0.363 e. The number of rotatable bonds is 3. The lowest BCUT2D eigenvalue weighted by Gasteiger charge is -2.02. The molecular weight excluding hydrogens is 178 g/mol. The van der Waals surface area contributed by atoms with E-state index in [4.69, 9.17) is 0 Å². The fourth-order valence-electron chi connectivity index (χ4n) is 0.994. The second kappa shape index (κ2) is 4.27. The van der Waals surface area contributed by atoms with Crippen molar-refractivity contribution < 1.29 is 0 Å². The third-order valence-corrected chi connectivity index (χ3v) is 1.66. The van der Waals surface area contributed by atoms with Gasteiger partial charge in [-0.15, -0.1) is 0 Å². The van der Waals surface area contributed by atoms with Gasteiger partial charge in [0, 0.05) is 18.6 Å². The Morgan fingerprint density at radius 1 is 1.07 bits per heavy atom. The average molecular weight is 187 g/mol. The van der Waals surface area contributed by atoms with Crippen LogP contribution in [0.2, 0.25) is 0 Å².